The number of rotatable bonds is 4. The molecule has 0 aliphatic carbocycles. The van der Waals surface area contributed by atoms with E-state index in [1.54, 1.807) is 0 Å². The van der Waals surface area contributed by atoms with Gasteiger partial charge in [0, 0.05) is 19.0 Å². The van der Waals surface area contributed by atoms with E-state index in [9.17, 15) is 4.79 Å². The van der Waals surface area contributed by atoms with Gasteiger partial charge in [0.2, 0.25) is 5.91 Å². The van der Waals surface area contributed by atoms with Crippen LogP contribution in [0, 0.1) is 6.92 Å². The molecule has 3 nitrogen and oxygen atoms in total. The Morgan fingerprint density at radius 3 is 3.00 bits per heavy atom. The Bertz CT molecular complexity index is 442. The van der Waals surface area contributed by atoms with Gasteiger partial charge in [0.15, 0.2) is 0 Å². The van der Waals surface area contributed by atoms with E-state index in [2.05, 4.69) is 31.2 Å². The van der Waals surface area contributed by atoms with Crippen LogP contribution in [0.25, 0.3) is 0 Å². The molecule has 2 rings (SSSR count). The van der Waals surface area contributed by atoms with Crippen molar-refractivity contribution in [2.24, 2.45) is 5.73 Å². The van der Waals surface area contributed by atoms with E-state index in [4.69, 9.17) is 5.73 Å². The molecule has 0 aromatic heterocycles. The summed E-state index contributed by atoms with van der Waals surface area (Å²) in [6, 6.07) is 8.87. The summed E-state index contributed by atoms with van der Waals surface area (Å²) in [5.41, 5.74) is 8.26. The first-order valence-corrected chi connectivity index (χ1v) is 7.19. The van der Waals surface area contributed by atoms with Crippen LogP contribution in [0.4, 0.5) is 0 Å². The van der Waals surface area contributed by atoms with E-state index in [-0.39, 0.29) is 18.0 Å². The van der Waals surface area contributed by atoms with Crippen molar-refractivity contribution >= 4 is 5.91 Å². The first kappa shape index (κ1) is 14.1. The lowest BCUT2D eigenvalue weighted by atomic mass is 10.0. The summed E-state index contributed by atoms with van der Waals surface area (Å²) < 4.78 is 0. The fourth-order valence-electron chi connectivity index (χ4n) is 2.78. The highest BCUT2D eigenvalue weighted by molar-refractivity contribution is 5.77. The number of carbonyl (C=O) groups is 1. The lowest BCUT2D eigenvalue weighted by molar-refractivity contribution is -0.132. The molecule has 1 aromatic rings. The molecule has 2 atom stereocenters. The maximum absolute atomic E-state index is 12.3. The summed E-state index contributed by atoms with van der Waals surface area (Å²) in [6.45, 7) is 4.94. The van der Waals surface area contributed by atoms with Crippen molar-refractivity contribution in [3.05, 3.63) is 35.4 Å². The Labute approximate surface area is 115 Å². The standard InChI is InChI=1S/C16H24N2O/c1-12-5-3-6-14(11-12)15-7-4-10-18(15)16(19)9-8-13(2)17/h3,5-6,11,13,15H,4,7-10,17H2,1-2H3. The van der Waals surface area contributed by atoms with Crippen LogP contribution < -0.4 is 5.73 Å². The quantitative estimate of drug-likeness (QED) is 0.905. The minimum absolute atomic E-state index is 0.101. The zero-order chi connectivity index (χ0) is 13.8. The Morgan fingerprint density at radius 1 is 1.53 bits per heavy atom. The molecular weight excluding hydrogens is 236 g/mol. The molecule has 1 amide bonds. The minimum atomic E-state index is 0.101. The van der Waals surface area contributed by atoms with Crippen LogP contribution in [0.2, 0.25) is 0 Å². The highest BCUT2D eigenvalue weighted by Crippen LogP contribution is 2.32. The Kier molecular flexibility index (Phi) is 4.59. The van der Waals surface area contributed by atoms with Crippen molar-refractivity contribution < 1.29 is 4.79 Å². The predicted octanol–water partition coefficient (Wildman–Crippen LogP) is 2.79. The summed E-state index contributed by atoms with van der Waals surface area (Å²) in [6.07, 6.45) is 3.52. The van der Waals surface area contributed by atoms with Gasteiger partial charge in [-0.3, -0.25) is 4.79 Å². The lowest BCUT2D eigenvalue weighted by Crippen LogP contribution is -2.31. The van der Waals surface area contributed by atoms with E-state index >= 15 is 0 Å². The molecule has 1 saturated heterocycles. The molecule has 0 saturated carbocycles. The molecule has 1 heterocycles. The van der Waals surface area contributed by atoms with Gasteiger partial charge in [-0.15, -0.1) is 0 Å². The molecule has 3 heteroatoms. The summed E-state index contributed by atoms with van der Waals surface area (Å²) in [7, 11) is 0. The molecule has 0 radical (unpaired) electrons. The van der Waals surface area contributed by atoms with Crippen LogP contribution in [-0.2, 0) is 4.79 Å². The van der Waals surface area contributed by atoms with Gasteiger partial charge in [-0.25, -0.2) is 0 Å². The van der Waals surface area contributed by atoms with Crippen LogP contribution in [0.5, 0.6) is 0 Å². The highest BCUT2D eigenvalue weighted by atomic mass is 16.2. The maximum Gasteiger partial charge on any atom is 0.223 e. The Hall–Kier alpha value is -1.35. The number of benzene rings is 1. The van der Waals surface area contributed by atoms with E-state index < -0.39 is 0 Å². The van der Waals surface area contributed by atoms with Gasteiger partial charge in [-0.2, -0.15) is 0 Å². The van der Waals surface area contributed by atoms with Gasteiger partial charge in [0.1, 0.15) is 0 Å². The molecule has 104 valence electrons. The van der Waals surface area contributed by atoms with Crippen LogP contribution >= 0.6 is 0 Å². The molecular formula is C16H24N2O. The summed E-state index contributed by atoms with van der Waals surface area (Å²) in [5, 5.41) is 0. The van der Waals surface area contributed by atoms with Crippen molar-refractivity contribution in [3.8, 4) is 0 Å². The van der Waals surface area contributed by atoms with Crippen LogP contribution in [-0.4, -0.2) is 23.4 Å². The number of likely N-dealkylation sites (tertiary alicyclic amines) is 1. The third-order valence-electron chi connectivity index (χ3n) is 3.81. The molecule has 2 unspecified atom stereocenters. The van der Waals surface area contributed by atoms with E-state index in [0.717, 1.165) is 25.8 Å². The largest absolute Gasteiger partial charge is 0.336 e. The average Bonchev–Trinajstić information content (AvgIpc) is 2.85. The Morgan fingerprint density at radius 2 is 2.32 bits per heavy atom. The number of hydrogen-bond donors (Lipinski definition) is 1. The fraction of sp³-hybridized carbons (Fsp3) is 0.562. The normalized spacial score (nSPS) is 20.6. The molecule has 1 aliphatic rings. The third-order valence-corrected chi connectivity index (χ3v) is 3.81. The summed E-state index contributed by atoms with van der Waals surface area (Å²) >= 11 is 0. The van der Waals surface area contributed by atoms with E-state index in [0.29, 0.717) is 6.42 Å². The van der Waals surface area contributed by atoms with Crippen LogP contribution in [0.15, 0.2) is 24.3 Å². The molecule has 1 aliphatic heterocycles. The van der Waals surface area contributed by atoms with Crippen molar-refractivity contribution in [2.75, 3.05) is 6.54 Å². The number of hydrogen-bond acceptors (Lipinski definition) is 2. The molecule has 19 heavy (non-hydrogen) atoms. The smallest absolute Gasteiger partial charge is 0.223 e. The maximum atomic E-state index is 12.3. The summed E-state index contributed by atoms with van der Waals surface area (Å²) in [4.78, 5) is 14.3. The highest BCUT2D eigenvalue weighted by Gasteiger charge is 2.29. The topological polar surface area (TPSA) is 46.3 Å². The molecule has 2 N–H and O–H groups in total. The number of amides is 1. The lowest BCUT2D eigenvalue weighted by Gasteiger charge is -2.25. The molecule has 0 spiro atoms. The molecule has 0 bridgehead atoms. The number of aryl methyl sites for hydroxylation is 1. The van der Waals surface area contributed by atoms with Gasteiger partial charge < -0.3 is 10.6 Å². The van der Waals surface area contributed by atoms with Crippen molar-refractivity contribution in [1.29, 1.82) is 0 Å². The molecule has 1 fully saturated rings. The van der Waals surface area contributed by atoms with Crippen molar-refractivity contribution in [1.82, 2.24) is 4.90 Å². The number of nitrogens with two attached hydrogens (primary N) is 1. The van der Waals surface area contributed by atoms with Gasteiger partial charge in [-0.1, -0.05) is 29.8 Å². The Balaban J connectivity index is 2.06. The summed E-state index contributed by atoms with van der Waals surface area (Å²) in [5.74, 6) is 0.251. The van der Waals surface area contributed by atoms with E-state index in [1.165, 1.54) is 11.1 Å². The van der Waals surface area contributed by atoms with Crippen molar-refractivity contribution in [2.45, 2.75) is 51.6 Å². The second-order valence-electron chi connectivity index (χ2n) is 5.68. The minimum Gasteiger partial charge on any atom is -0.336 e. The van der Waals surface area contributed by atoms with Crippen LogP contribution in [0.3, 0.4) is 0 Å². The number of nitrogens with zero attached hydrogens (tertiary/aromatic N) is 1. The first-order valence-electron chi connectivity index (χ1n) is 7.19. The third kappa shape index (κ3) is 3.57. The first-order chi connectivity index (χ1) is 9.08. The zero-order valence-electron chi connectivity index (χ0n) is 11.9. The van der Waals surface area contributed by atoms with Crippen molar-refractivity contribution in [3.63, 3.8) is 0 Å². The monoisotopic (exact) mass is 260 g/mol. The van der Waals surface area contributed by atoms with Gasteiger partial charge in [-0.05, 0) is 38.7 Å². The fourth-order valence-corrected chi connectivity index (χ4v) is 2.78. The van der Waals surface area contributed by atoms with Gasteiger partial charge in [0.25, 0.3) is 0 Å². The molecule has 1 aromatic carbocycles. The van der Waals surface area contributed by atoms with E-state index in [1.807, 2.05) is 11.8 Å². The van der Waals surface area contributed by atoms with Crippen LogP contribution in [0.1, 0.15) is 49.8 Å². The van der Waals surface area contributed by atoms with Gasteiger partial charge >= 0.3 is 0 Å². The second kappa shape index (κ2) is 6.20. The van der Waals surface area contributed by atoms with Gasteiger partial charge in [0.05, 0.1) is 6.04 Å². The predicted molar refractivity (Wildman–Crippen MR) is 77.8 cm³/mol. The second-order valence-corrected chi connectivity index (χ2v) is 5.68. The average molecular weight is 260 g/mol. The SMILES string of the molecule is Cc1cccc(C2CCCN2C(=O)CCC(C)N)c1. The number of carbonyl (C=O) groups excluding carboxylic acids is 1. The zero-order valence-corrected chi connectivity index (χ0v) is 11.9.